The van der Waals surface area contributed by atoms with Crippen molar-refractivity contribution >= 4 is 34.8 Å². The standard InChI is InChI=1S/C20H23Cl2N3O/c1-24-7-8-25(12-15-5-3-2-4-6-15)14-16(13-24)20(26)23-19-10-17(21)9-18(22)11-19/h2-6,9-11,16H,7-8,12-14H2,1H3,(H,23,26). The van der Waals surface area contributed by atoms with Crippen LogP contribution in [0.5, 0.6) is 0 Å². The van der Waals surface area contributed by atoms with Crippen LogP contribution in [-0.2, 0) is 11.3 Å². The van der Waals surface area contributed by atoms with Gasteiger partial charge in [-0.1, -0.05) is 53.5 Å². The maximum Gasteiger partial charge on any atom is 0.230 e. The summed E-state index contributed by atoms with van der Waals surface area (Å²) < 4.78 is 0. The first-order valence-electron chi connectivity index (χ1n) is 8.71. The normalized spacial score (nSPS) is 19.1. The summed E-state index contributed by atoms with van der Waals surface area (Å²) in [4.78, 5) is 17.4. The quantitative estimate of drug-likeness (QED) is 0.855. The molecule has 3 rings (SSSR count). The number of hydrogen-bond donors (Lipinski definition) is 1. The molecule has 0 bridgehead atoms. The molecule has 1 saturated heterocycles. The molecule has 1 amide bonds. The van der Waals surface area contributed by atoms with Gasteiger partial charge in [-0.25, -0.2) is 0 Å². The number of carbonyl (C=O) groups is 1. The fourth-order valence-electron chi connectivity index (χ4n) is 3.26. The molecule has 26 heavy (non-hydrogen) atoms. The molecule has 0 aliphatic carbocycles. The highest BCUT2D eigenvalue weighted by molar-refractivity contribution is 6.35. The largest absolute Gasteiger partial charge is 0.326 e. The monoisotopic (exact) mass is 391 g/mol. The lowest BCUT2D eigenvalue weighted by atomic mass is 10.1. The predicted molar refractivity (Wildman–Crippen MR) is 108 cm³/mol. The van der Waals surface area contributed by atoms with Crippen LogP contribution in [0, 0.1) is 5.92 Å². The SMILES string of the molecule is CN1CCN(Cc2ccccc2)CC(C(=O)Nc2cc(Cl)cc(Cl)c2)C1. The highest BCUT2D eigenvalue weighted by Crippen LogP contribution is 2.23. The molecule has 4 nitrogen and oxygen atoms in total. The Balaban J connectivity index is 1.68. The third-order valence-electron chi connectivity index (χ3n) is 4.56. The summed E-state index contributed by atoms with van der Waals surface area (Å²) in [7, 11) is 2.06. The third-order valence-corrected chi connectivity index (χ3v) is 4.99. The van der Waals surface area contributed by atoms with Gasteiger partial charge in [0.25, 0.3) is 0 Å². The van der Waals surface area contributed by atoms with Crippen LogP contribution in [0.15, 0.2) is 48.5 Å². The summed E-state index contributed by atoms with van der Waals surface area (Å²) in [6.45, 7) is 4.18. The fraction of sp³-hybridized carbons (Fsp3) is 0.350. The molecule has 1 aliphatic rings. The van der Waals surface area contributed by atoms with E-state index in [1.807, 2.05) is 18.2 Å². The number of likely N-dealkylation sites (N-methyl/N-ethyl adjacent to an activating group) is 1. The summed E-state index contributed by atoms with van der Waals surface area (Å²) in [5.74, 6) is -0.126. The van der Waals surface area contributed by atoms with Crippen molar-refractivity contribution in [2.75, 3.05) is 38.5 Å². The van der Waals surface area contributed by atoms with E-state index >= 15 is 0 Å². The number of anilines is 1. The van der Waals surface area contributed by atoms with E-state index in [9.17, 15) is 4.79 Å². The van der Waals surface area contributed by atoms with Gasteiger partial charge in [0, 0.05) is 48.5 Å². The van der Waals surface area contributed by atoms with E-state index in [-0.39, 0.29) is 11.8 Å². The lowest BCUT2D eigenvalue weighted by molar-refractivity contribution is -0.120. The predicted octanol–water partition coefficient (Wildman–Crippen LogP) is 4.00. The first-order valence-corrected chi connectivity index (χ1v) is 9.47. The zero-order valence-corrected chi connectivity index (χ0v) is 16.3. The van der Waals surface area contributed by atoms with Gasteiger partial charge in [0.2, 0.25) is 5.91 Å². The van der Waals surface area contributed by atoms with Crippen LogP contribution < -0.4 is 5.32 Å². The van der Waals surface area contributed by atoms with E-state index in [1.54, 1.807) is 18.2 Å². The molecule has 1 N–H and O–H groups in total. The maximum atomic E-state index is 12.8. The molecular weight excluding hydrogens is 369 g/mol. The molecule has 6 heteroatoms. The van der Waals surface area contributed by atoms with Gasteiger partial charge in [0.1, 0.15) is 0 Å². The molecule has 0 spiro atoms. The smallest absolute Gasteiger partial charge is 0.230 e. The van der Waals surface area contributed by atoms with E-state index in [2.05, 4.69) is 34.3 Å². The molecule has 1 fully saturated rings. The van der Waals surface area contributed by atoms with Crippen LogP contribution in [0.3, 0.4) is 0 Å². The van der Waals surface area contributed by atoms with Crippen molar-refractivity contribution in [3.63, 3.8) is 0 Å². The number of rotatable bonds is 4. The van der Waals surface area contributed by atoms with Crippen LogP contribution in [0.1, 0.15) is 5.56 Å². The maximum absolute atomic E-state index is 12.8. The number of benzene rings is 2. The van der Waals surface area contributed by atoms with Gasteiger partial charge >= 0.3 is 0 Å². The number of nitrogens with one attached hydrogen (secondary N) is 1. The molecule has 2 aromatic rings. The molecule has 2 aromatic carbocycles. The van der Waals surface area contributed by atoms with Gasteiger partial charge < -0.3 is 10.2 Å². The Morgan fingerprint density at radius 3 is 2.46 bits per heavy atom. The average molecular weight is 392 g/mol. The zero-order chi connectivity index (χ0) is 18.5. The highest BCUT2D eigenvalue weighted by atomic mass is 35.5. The van der Waals surface area contributed by atoms with Gasteiger partial charge in [-0.05, 0) is 30.8 Å². The number of halogens is 2. The number of hydrogen-bond acceptors (Lipinski definition) is 3. The second kappa shape index (κ2) is 8.87. The Labute approximate surface area is 164 Å². The number of carbonyl (C=O) groups excluding carboxylic acids is 1. The van der Waals surface area contributed by atoms with Crippen molar-refractivity contribution in [3.05, 3.63) is 64.1 Å². The van der Waals surface area contributed by atoms with Crippen molar-refractivity contribution in [3.8, 4) is 0 Å². The summed E-state index contributed by atoms with van der Waals surface area (Å²) in [5.41, 5.74) is 1.90. The molecule has 1 heterocycles. The molecule has 1 aliphatic heterocycles. The van der Waals surface area contributed by atoms with E-state index in [4.69, 9.17) is 23.2 Å². The van der Waals surface area contributed by atoms with Crippen molar-refractivity contribution in [2.45, 2.75) is 6.54 Å². The van der Waals surface area contributed by atoms with E-state index < -0.39 is 0 Å². The Morgan fingerprint density at radius 2 is 1.77 bits per heavy atom. The van der Waals surface area contributed by atoms with Crippen LogP contribution in [0.4, 0.5) is 5.69 Å². The minimum atomic E-state index is -0.121. The molecular formula is C20H23Cl2N3O. The van der Waals surface area contributed by atoms with Crippen molar-refractivity contribution in [2.24, 2.45) is 5.92 Å². The molecule has 0 aromatic heterocycles. The summed E-state index contributed by atoms with van der Waals surface area (Å²) >= 11 is 12.1. The topological polar surface area (TPSA) is 35.6 Å². The molecule has 0 saturated carbocycles. The van der Waals surface area contributed by atoms with Gasteiger partial charge in [-0.3, -0.25) is 9.69 Å². The number of nitrogens with zero attached hydrogens (tertiary/aromatic N) is 2. The molecule has 1 atom stereocenters. The Morgan fingerprint density at radius 1 is 1.08 bits per heavy atom. The highest BCUT2D eigenvalue weighted by Gasteiger charge is 2.26. The molecule has 1 unspecified atom stereocenters. The fourth-order valence-corrected chi connectivity index (χ4v) is 3.79. The van der Waals surface area contributed by atoms with Gasteiger partial charge in [0.05, 0.1) is 5.92 Å². The van der Waals surface area contributed by atoms with Crippen LogP contribution in [0.25, 0.3) is 0 Å². The third kappa shape index (κ3) is 5.45. The second-order valence-corrected chi connectivity index (χ2v) is 7.70. The lowest BCUT2D eigenvalue weighted by Gasteiger charge is -2.23. The first-order chi connectivity index (χ1) is 12.5. The van der Waals surface area contributed by atoms with E-state index in [0.717, 1.165) is 32.7 Å². The number of amides is 1. The van der Waals surface area contributed by atoms with Gasteiger partial charge in [0.15, 0.2) is 0 Å². The van der Waals surface area contributed by atoms with Crippen molar-refractivity contribution in [1.82, 2.24) is 9.80 Å². The zero-order valence-electron chi connectivity index (χ0n) is 14.8. The van der Waals surface area contributed by atoms with E-state index in [0.29, 0.717) is 15.7 Å². The van der Waals surface area contributed by atoms with Gasteiger partial charge in [-0.2, -0.15) is 0 Å². The Bertz CT molecular complexity index is 734. The molecule has 0 radical (unpaired) electrons. The summed E-state index contributed by atoms with van der Waals surface area (Å²) in [6, 6.07) is 15.4. The Hall–Kier alpha value is -1.59. The minimum Gasteiger partial charge on any atom is -0.326 e. The minimum absolute atomic E-state index is 0.00450. The summed E-state index contributed by atoms with van der Waals surface area (Å²) in [5, 5.41) is 3.99. The van der Waals surface area contributed by atoms with Crippen molar-refractivity contribution < 1.29 is 4.79 Å². The molecule has 138 valence electrons. The van der Waals surface area contributed by atoms with Crippen LogP contribution >= 0.6 is 23.2 Å². The van der Waals surface area contributed by atoms with Crippen LogP contribution in [-0.4, -0.2) is 48.9 Å². The second-order valence-electron chi connectivity index (χ2n) is 6.83. The van der Waals surface area contributed by atoms with Crippen molar-refractivity contribution in [1.29, 1.82) is 0 Å². The van der Waals surface area contributed by atoms with Gasteiger partial charge in [-0.15, -0.1) is 0 Å². The summed E-state index contributed by atoms with van der Waals surface area (Å²) in [6.07, 6.45) is 0. The average Bonchev–Trinajstić information content (AvgIpc) is 2.77. The van der Waals surface area contributed by atoms with E-state index in [1.165, 1.54) is 5.56 Å². The lowest BCUT2D eigenvalue weighted by Crippen LogP contribution is -2.37. The first kappa shape index (κ1) is 19.2. The van der Waals surface area contributed by atoms with Crippen LogP contribution in [0.2, 0.25) is 10.0 Å². The Kier molecular flexibility index (Phi) is 6.54.